The Labute approximate surface area is 247 Å². The second kappa shape index (κ2) is 11.6. The summed E-state index contributed by atoms with van der Waals surface area (Å²) in [5, 5.41) is 2.57. The van der Waals surface area contributed by atoms with Crippen molar-refractivity contribution in [2.45, 2.75) is 25.6 Å². The first-order valence-electron chi connectivity index (χ1n) is 13.5. The zero-order valence-corrected chi connectivity index (χ0v) is 23.9. The van der Waals surface area contributed by atoms with Crippen LogP contribution in [0.4, 0.5) is 15.0 Å². The topological polar surface area (TPSA) is 88.9 Å². The largest absolute Gasteiger partial charge is 0.453 e. The predicted molar refractivity (Wildman–Crippen MR) is 156 cm³/mol. The summed E-state index contributed by atoms with van der Waals surface area (Å²) < 4.78 is 27.3. The highest BCUT2D eigenvalue weighted by atomic mass is 35.5. The maximum absolute atomic E-state index is 14.1. The van der Waals surface area contributed by atoms with Crippen LogP contribution in [0.2, 0.25) is 5.02 Å². The molecule has 11 heteroatoms. The predicted octanol–water partition coefficient (Wildman–Crippen LogP) is 5.82. The number of nitrogens with zero attached hydrogens (tertiary/aromatic N) is 4. The highest BCUT2D eigenvalue weighted by molar-refractivity contribution is 6.32. The molecule has 2 aliphatic rings. The minimum absolute atomic E-state index is 0.00648. The number of hydrogen-bond acceptors (Lipinski definition) is 6. The Morgan fingerprint density at radius 2 is 1.93 bits per heavy atom. The summed E-state index contributed by atoms with van der Waals surface area (Å²) in [4.78, 5) is 32.4. The Morgan fingerprint density at radius 3 is 2.67 bits per heavy atom. The van der Waals surface area contributed by atoms with Crippen LogP contribution in [-0.2, 0) is 29.7 Å². The molecule has 6 rings (SSSR count). The summed E-state index contributed by atoms with van der Waals surface area (Å²) in [6, 6.07) is 17.9. The highest BCUT2D eigenvalue weighted by Gasteiger charge is 2.31. The van der Waals surface area contributed by atoms with Gasteiger partial charge < -0.3 is 14.0 Å². The van der Waals surface area contributed by atoms with Crippen molar-refractivity contribution < 1.29 is 23.5 Å². The monoisotopic (exact) mass is 589 g/mol. The third-order valence-corrected chi connectivity index (χ3v) is 7.94. The van der Waals surface area contributed by atoms with E-state index in [9.17, 15) is 14.0 Å². The van der Waals surface area contributed by atoms with E-state index in [0.717, 1.165) is 17.0 Å². The van der Waals surface area contributed by atoms with Crippen LogP contribution in [0.15, 0.2) is 66.9 Å². The Morgan fingerprint density at radius 1 is 1.12 bits per heavy atom. The number of ether oxygens (including phenoxy) is 2. The summed E-state index contributed by atoms with van der Waals surface area (Å²) in [5.74, 6) is 1.06. The number of hydrogen-bond donors (Lipinski definition) is 1. The number of methoxy groups -OCH3 is 1. The average molecular weight is 590 g/mol. The van der Waals surface area contributed by atoms with Gasteiger partial charge in [0.05, 0.1) is 23.9 Å². The van der Waals surface area contributed by atoms with Crippen LogP contribution in [0.1, 0.15) is 29.2 Å². The summed E-state index contributed by atoms with van der Waals surface area (Å²) >= 11 is 6.10. The van der Waals surface area contributed by atoms with Gasteiger partial charge in [0.2, 0.25) is 5.91 Å². The zero-order valence-electron chi connectivity index (χ0n) is 23.1. The molecule has 3 amide bonds. The van der Waals surface area contributed by atoms with Gasteiger partial charge in [-0.25, -0.2) is 14.2 Å². The van der Waals surface area contributed by atoms with Crippen LogP contribution >= 0.6 is 11.6 Å². The third kappa shape index (κ3) is 5.36. The van der Waals surface area contributed by atoms with Crippen LogP contribution in [0.3, 0.4) is 0 Å². The number of halogens is 2. The minimum Gasteiger partial charge on any atom is -0.453 e. The number of para-hydroxylation sites is 1. The van der Waals surface area contributed by atoms with E-state index in [0.29, 0.717) is 37.8 Å². The first-order chi connectivity index (χ1) is 20.3. The minimum atomic E-state index is -0.515. The second-order valence-corrected chi connectivity index (χ2v) is 10.7. The van der Waals surface area contributed by atoms with Gasteiger partial charge in [-0.2, -0.15) is 0 Å². The fourth-order valence-corrected chi connectivity index (χ4v) is 5.75. The van der Waals surface area contributed by atoms with Crippen molar-refractivity contribution in [2.24, 2.45) is 7.05 Å². The van der Waals surface area contributed by atoms with Crippen molar-refractivity contribution in [2.75, 3.05) is 25.2 Å². The van der Waals surface area contributed by atoms with Gasteiger partial charge in [-0.15, -0.1) is 0 Å². The quantitative estimate of drug-likeness (QED) is 0.279. The van der Waals surface area contributed by atoms with Gasteiger partial charge >= 0.3 is 6.03 Å². The second-order valence-electron chi connectivity index (χ2n) is 10.3. The van der Waals surface area contributed by atoms with Crippen LogP contribution in [0.5, 0.6) is 11.5 Å². The molecule has 1 N–H and O–H groups in total. The first kappa shape index (κ1) is 27.9. The molecule has 9 nitrogen and oxygen atoms in total. The normalized spacial score (nSPS) is 17.0. The molecule has 3 heterocycles. The van der Waals surface area contributed by atoms with Crippen LogP contribution in [0, 0.1) is 5.82 Å². The van der Waals surface area contributed by atoms with E-state index in [2.05, 4.69) is 27.3 Å². The maximum atomic E-state index is 14.1. The Kier molecular flexibility index (Phi) is 7.68. The van der Waals surface area contributed by atoms with E-state index in [1.54, 1.807) is 19.4 Å². The molecule has 1 saturated heterocycles. The van der Waals surface area contributed by atoms with Gasteiger partial charge in [-0.3, -0.25) is 19.9 Å². The number of carbonyl (C=O) groups is 2. The van der Waals surface area contributed by atoms with Gasteiger partial charge in [0.15, 0.2) is 11.6 Å². The number of nitrogens with one attached hydrogen (secondary N) is 1. The molecule has 1 atom stereocenters. The summed E-state index contributed by atoms with van der Waals surface area (Å²) in [6.45, 7) is 2.24. The number of carbonyl (C=O) groups excluding carboxylic acids is 2. The van der Waals surface area contributed by atoms with Crippen molar-refractivity contribution in [3.05, 3.63) is 94.4 Å². The van der Waals surface area contributed by atoms with E-state index in [1.807, 2.05) is 41.9 Å². The standard InChI is InChI=1S/C31H29ClFN5O4/c1-36-28(38-13-12-27(39)35-31(38)40)15-34-30(36)20-8-11-23-21(14-20)17-37(26(23)18-41-2)16-19-6-9-22(10-7-19)42-29-24(32)4-3-5-25(29)33/h3-11,14-15,26H,12-13,16-18H2,1-2H3,(H,35,39,40). The number of imide groups is 1. The van der Waals surface area contributed by atoms with E-state index < -0.39 is 11.8 Å². The molecule has 1 unspecified atom stereocenters. The van der Waals surface area contributed by atoms with E-state index in [1.165, 1.54) is 28.2 Å². The van der Waals surface area contributed by atoms with Gasteiger partial charge in [0.1, 0.15) is 17.4 Å². The first-order valence-corrected chi connectivity index (χ1v) is 13.9. The molecule has 4 aromatic rings. The third-order valence-electron chi connectivity index (χ3n) is 7.64. The van der Waals surface area contributed by atoms with E-state index in [-0.39, 0.29) is 29.1 Å². The number of imidazole rings is 1. The van der Waals surface area contributed by atoms with Crippen LogP contribution < -0.4 is 15.0 Å². The van der Waals surface area contributed by atoms with Crippen LogP contribution in [-0.4, -0.2) is 46.7 Å². The van der Waals surface area contributed by atoms with Gasteiger partial charge in [0, 0.05) is 45.8 Å². The molecular formula is C31H29ClFN5O4. The molecule has 0 radical (unpaired) electrons. The highest BCUT2D eigenvalue weighted by Crippen LogP contribution is 2.38. The molecule has 2 aliphatic heterocycles. The SMILES string of the molecule is COCC1c2ccc(-c3ncc(N4CCC(=O)NC4=O)n3C)cc2CN1Cc1ccc(Oc2c(F)cccc2Cl)cc1. The zero-order chi connectivity index (χ0) is 29.4. The number of urea groups is 1. The van der Waals surface area contributed by atoms with Crippen molar-refractivity contribution in [1.82, 2.24) is 19.8 Å². The summed E-state index contributed by atoms with van der Waals surface area (Å²) in [7, 11) is 3.56. The molecular weight excluding hydrogens is 561 g/mol. The average Bonchev–Trinajstić information content (AvgIpc) is 3.51. The Bertz CT molecular complexity index is 1640. The Balaban J connectivity index is 1.19. The fourth-order valence-electron chi connectivity index (χ4n) is 5.55. The molecule has 0 saturated carbocycles. The molecule has 0 aliphatic carbocycles. The number of fused-ring (bicyclic) bond motifs is 1. The molecule has 1 fully saturated rings. The van der Waals surface area contributed by atoms with Crippen molar-refractivity contribution >= 4 is 29.4 Å². The molecule has 3 aromatic carbocycles. The lowest BCUT2D eigenvalue weighted by Crippen LogP contribution is -2.50. The Hall–Kier alpha value is -4.25. The number of aromatic nitrogens is 2. The van der Waals surface area contributed by atoms with Crippen molar-refractivity contribution in [3.63, 3.8) is 0 Å². The van der Waals surface area contributed by atoms with Gasteiger partial charge in [-0.1, -0.05) is 41.9 Å². The lowest BCUT2D eigenvalue weighted by atomic mass is 10.0. The van der Waals surface area contributed by atoms with E-state index >= 15 is 0 Å². The van der Waals surface area contributed by atoms with Crippen molar-refractivity contribution in [3.8, 4) is 22.9 Å². The van der Waals surface area contributed by atoms with Crippen LogP contribution in [0.25, 0.3) is 11.4 Å². The fraction of sp³-hybridized carbons (Fsp3) is 0.258. The molecule has 42 heavy (non-hydrogen) atoms. The number of benzene rings is 3. The molecule has 1 aromatic heterocycles. The molecule has 0 spiro atoms. The molecule has 216 valence electrons. The molecule has 0 bridgehead atoms. The van der Waals surface area contributed by atoms with Gasteiger partial charge in [0.25, 0.3) is 0 Å². The number of rotatable bonds is 8. The number of anilines is 1. The number of amides is 3. The van der Waals surface area contributed by atoms with E-state index in [4.69, 9.17) is 21.1 Å². The lowest BCUT2D eigenvalue weighted by Gasteiger charge is -2.26. The summed E-state index contributed by atoms with van der Waals surface area (Å²) in [5.41, 5.74) is 4.37. The lowest BCUT2D eigenvalue weighted by molar-refractivity contribution is -0.120. The maximum Gasteiger partial charge on any atom is 0.329 e. The smallest absolute Gasteiger partial charge is 0.329 e. The van der Waals surface area contributed by atoms with Crippen molar-refractivity contribution in [1.29, 1.82) is 0 Å². The van der Waals surface area contributed by atoms with Gasteiger partial charge in [-0.05, 0) is 47.0 Å². The summed E-state index contributed by atoms with van der Waals surface area (Å²) in [6.07, 6.45) is 1.91.